The molecule has 31 heavy (non-hydrogen) atoms. The van der Waals surface area contributed by atoms with Gasteiger partial charge >= 0.3 is 5.97 Å². The molecule has 0 spiro atoms. The van der Waals surface area contributed by atoms with Crippen molar-refractivity contribution in [2.24, 2.45) is 0 Å². The molecule has 0 unspecified atom stereocenters. The topological polar surface area (TPSA) is 87.5 Å². The number of nitriles is 1. The number of nitrogens with zero attached hydrogens (tertiary/aromatic N) is 2. The van der Waals surface area contributed by atoms with Gasteiger partial charge in [0.15, 0.2) is 0 Å². The van der Waals surface area contributed by atoms with Gasteiger partial charge in [-0.05, 0) is 35.4 Å². The number of benzene rings is 3. The second-order valence-corrected chi connectivity index (χ2v) is 7.15. The predicted octanol–water partition coefficient (Wildman–Crippen LogP) is 3.51. The number of imide groups is 1. The van der Waals surface area contributed by atoms with Gasteiger partial charge in [0.25, 0.3) is 11.8 Å². The van der Waals surface area contributed by atoms with E-state index in [0.717, 1.165) is 10.5 Å². The molecule has 152 valence electrons. The number of ether oxygens (including phenoxy) is 1. The molecule has 0 saturated carbocycles. The zero-order valence-electron chi connectivity index (χ0n) is 16.5. The maximum Gasteiger partial charge on any atom is 0.330 e. The maximum absolute atomic E-state index is 13.1. The van der Waals surface area contributed by atoms with E-state index in [9.17, 15) is 14.4 Å². The monoisotopic (exact) mass is 410 g/mol. The highest BCUT2D eigenvalue weighted by molar-refractivity contribution is 6.22. The third-order valence-electron chi connectivity index (χ3n) is 5.12. The van der Waals surface area contributed by atoms with Crippen LogP contribution in [0, 0.1) is 11.3 Å². The van der Waals surface area contributed by atoms with Gasteiger partial charge in [0, 0.05) is 6.42 Å². The van der Waals surface area contributed by atoms with Crippen molar-refractivity contribution in [1.82, 2.24) is 4.90 Å². The summed E-state index contributed by atoms with van der Waals surface area (Å²) in [5.74, 6) is -1.70. The van der Waals surface area contributed by atoms with Crippen molar-refractivity contribution >= 4 is 17.8 Å². The quantitative estimate of drug-likeness (QED) is 0.458. The van der Waals surface area contributed by atoms with Crippen LogP contribution < -0.4 is 0 Å². The summed E-state index contributed by atoms with van der Waals surface area (Å²) in [6, 6.07) is 23.3. The first kappa shape index (κ1) is 20.0. The zero-order valence-corrected chi connectivity index (χ0v) is 16.5. The summed E-state index contributed by atoms with van der Waals surface area (Å²) in [6.45, 7) is -0.0667. The Hall–Kier alpha value is -4.24. The van der Waals surface area contributed by atoms with Gasteiger partial charge in [-0.15, -0.1) is 0 Å². The number of rotatable bonds is 6. The smallest absolute Gasteiger partial charge is 0.330 e. The summed E-state index contributed by atoms with van der Waals surface area (Å²) in [6.07, 6.45) is 0.142. The minimum atomic E-state index is -1.10. The number of esters is 1. The molecule has 1 atom stereocenters. The van der Waals surface area contributed by atoms with Crippen LogP contribution in [0.1, 0.15) is 37.4 Å². The Bertz CT molecular complexity index is 1160. The molecule has 0 radical (unpaired) electrons. The van der Waals surface area contributed by atoms with Gasteiger partial charge in [0.2, 0.25) is 0 Å². The average Bonchev–Trinajstić information content (AvgIpc) is 3.07. The van der Waals surface area contributed by atoms with Gasteiger partial charge in [-0.3, -0.25) is 14.5 Å². The SMILES string of the molecule is N#Cc1cccc(COC(=O)[C@H](Cc2ccccc2)N2C(=O)c3ccccc3C2=O)c1. The molecule has 0 N–H and O–H groups in total. The molecule has 2 amide bonds. The van der Waals surface area contributed by atoms with Crippen molar-refractivity contribution in [2.75, 3.05) is 0 Å². The number of hydrogen-bond donors (Lipinski definition) is 0. The summed E-state index contributed by atoms with van der Waals surface area (Å²) in [7, 11) is 0. The van der Waals surface area contributed by atoms with Crippen LogP contribution in [-0.2, 0) is 22.6 Å². The number of hydrogen-bond acceptors (Lipinski definition) is 5. The van der Waals surface area contributed by atoms with E-state index in [1.807, 2.05) is 36.4 Å². The molecule has 3 aromatic rings. The van der Waals surface area contributed by atoms with E-state index in [0.29, 0.717) is 11.1 Å². The summed E-state index contributed by atoms with van der Waals surface area (Å²) in [5, 5.41) is 9.04. The lowest BCUT2D eigenvalue weighted by Gasteiger charge is -2.24. The first-order valence-electron chi connectivity index (χ1n) is 9.75. The summed E-state index contributed by atoms with van der Waals surface area (Å²) in [5.41, 5.74) is 2.45. The molecule has 1 aliphatic rings. The summed E-state index contributed by atoms with van der Waals surface area (Å²) < 4.78 is 5.48. The third-order valence-corrected chi connectivity index (χ3v) is 5.12. The van der Waals surface area contributed by atoms with Crippen molar-refractivity contribution in [3.63, 3.8) is 0 Å². The highest BCUT2D eigenvalue weighted by atomic mass is 16.5. The van der Waals surface area contributed by atoms with Crippen LogP contribution in [0.15, 0.2) is 78.9 Å². The largest absolute Gasteiger partial charge is 0.459 e. The molecule has 0 bridgehead atoms. The van der Waals surface area contributed by atoms with E-state index in [1.54, 1.807) is 48.5 Å². The molecule has 0 fully saturated rings. The predicted molar refractivity (Wildman–Crippen MR) is 112 cm³/mol. The second-order valence-electron chi connectivity index (χ2n) is 7.15. The van der Waals surface area contributed by atoms with E-state index >= 15 is 0 Å². The van der Waals surface area contributed by atoms with Crippen molar-refractivity contribution in [2.45, 2.75) is 19.1 Å². The Morgan fingerprint density at radius 3 is 2.13 bits per heavy atom. The van der Waals surface area contributed by atoms with Crippen LogP contribution >= 0.6 is 0 Å². The van der Waals surface area contributed by atoms with E-state index in [-0.39, 0.29) is 24.2 Å². The lowest BCUT2D eigenvalue weighted by molar-refractivity contribution is -0.149. The standard InChI is InChI=1S/C25H18N2O4/c26-15-18-9-6-10-19(13-18)16-31-25(30)22(14-17-7-2-1-3-8-17)27-23(28)20-11-4-5-12-21(20)24(27)29/h1-13,22H,14,16H2/t22-/m0/s1. The fraction of sp³-hybridized carbons (Fsp3) is 0.120. The van der Waals surface area contributed by atoms with E-state index in [2.05, 4.69) is 0 Å². The van der Waals surface area contributed by atoms with Crippen LogP contribution in [0.3, 0.4) is 0 Å². The van der Waals surface area contributed by atoms with E-state index in [4.69, 9.17) is 10.00 Å². The molecule has 4 rings (SSSR count). The molecular formula is C25H18N2O4. The lowest BCUT2D eigenvalue weighted by Crippen LogP contribution is -2.47. The molecule has 6 heteroatoms. The fourth-order valence-corrected chi connectivity index (χ4v) is 3.59. The Balaban J connectivity index is 1.60. The Morgan fingerprint density at radius 2 is 1.48 bits per heavy atom. The Morgan fingerprint density at radius 1 is 0.871 bits per heavy atom. The van der Waals surface area contributed by atoms with Crippen molar-refractivity contribution in [3.05, 3.63) is 107 Å². The van der Waals surface area contributed by atoms with Crippen molar-refractivity contribution in [3.8, 4) is 6.07 Å². The first-order chi connectivity index (χ1) is 15.1. The van der Waals surface area contributed by atoms with Gasteiger partial charge in [-0.2, -0.15) is 5.26 Å². The normalized spacial score (nSPS) is 13.5. The van der Waals surface area contributed by atoms with Crippen LogP contribution in [0.4, 0.5) is 0 Å². The van der Waals surface area contributed by atoms with Crippen molar-refractivity contribution in [1.29, 1.82) is 5.26 Å². The number of fused-ring (bicyclic) bond motifs is 1. The van der Waals surface area contributed by atoms with Gasteiger partial charge in [-0.25, -0.2) is 4.79 Å². The molecule has 6 nitrogen and oxygen atoms in total. The van der Waals surface area contributed by atoms with Crippen LogP contribution in [0.5, 0.6) is 0 Å². The van der Waals surface area contributed by atoms with Crippen molar-refractivity contribution < 1.29 is 19.1 Å². The minimum absolute atomic E-state index is 0.0667. The second kappa shape index (κ2) is 8.64. The lowest BCUT2D eigenvalue weighted by atomic mass is 10.0. The molecule has 1 aliphatic heterocycles. The van der Waals surface area contributed by atoms with E-state index in [1.165, 1.54) is 0 Å². The molecule has 3 aromatic carbocycles. The van der Waals surface area contributed by atoms with Crippen LogP contribution in [-0.4, -0.2) is 28.7 Å². The highest BCUT2D eigenvalue weighted by Gasteiger charge is 2.43. The molecule has 0 aliphatic carbocycles. The molecule has 0 aromatic heterocycles. The highest BCUT2D eigenvalue weighted by Crippen LogP contribution is 2.26. The first-order valence-corrected chi connectivity index (χ1v) is 9.75. The summed E-state index contributed by atoms with van der Waals surface area (Å²) >= 11 is 0. The third kappa shape index (κ3) is 4.07. The maximum atomic E-state index is 13.1. The number of amides is 2. The Labute approximate surface area is 179 Å². The Kier molecular flexibility index (Phi) is 5.59. The average molecular weight is 410 g/mol. The van der Waals surface area contributed by atoms with Gasteiger partial charge in [0.05, 0.1) is 22.8 Å². The molecule has 0 saturated heterocycles. The zero-order chi connectivity index (χ0) is 21.8. The van der Waals surface area contributed by atoms with Gasteiger partial charge < -0.3 is 4.74 Å². The van der Waals surface area contributed by atoms with Crippen LogP contribution in [0.25, 0.3) is 0 Å². The summed E-state index contributed by atoms with van der Waals surface area (Å²) in [4.78, 5) is 40.0. The van der Waals surface area contributed by atoms with Gasteiger partial charge in [0.1, 0.15) is 12.6 Å². The van der Waals surface area contributed by atoms with Crippen LogP contribution in [0.2, 0.25) is 0 Å². The fourth-order valence-electron chi connectivity index (χ4n) is 3.59. The molecular weight excluding hydrogens is 392 g/mol. The minimum Gasteiger partial charge on any atom is -0.459 e. The van der Waals surface area contributed by atoms with E-state index < -0.39 is 23.8 Å². The number of carbonyl (C=O) groups excluding carboxylic acids is 3. The van der Waals surface area contributed by atoms with Gasteiger partial charge in [-0.1, -0.05) is 54.6 Å². The number of carbonyl (C=O) groups is 3. The molecule has 1 heterocycles.